The lowest BCUT2D eigenvalue weighted by atomic mass is 9.90. The number of nitrogens with zero attached hydrogens (tertiary/aromatic N) is 1. The van der Waals surface area contributed by atoms with Crippen molar-refractivity contribution >= 4 is 60.3 Å². The van der Waals surface area contributed by atoms with E-state index in [1.54, 1.807) is 0 Å². The summed E-state index contributed by atoms with van der Waals surface area (Å²) in [5, 5.41) is 8.24. The number of furan rings is 1. The van der Waals surface area contributed by atoms with E-state index in [1.165, 1.54) is 38.1 Å². The molecule has 9 aromatic carbocycles. The van der Waals surface area contributed by atoms with Gasteiger partial charge in [-0.1, -0.05) is 164 Å². The average Bonchev–Trinajstić information content (AvgIpc) is 3.64. The van der Waals surface area contributed by atoms with Crippen LogP contribution in [-0.4, -0.2) is 0 Å². The first kappa shape index (κ1) is 30.0. The first-order chi connectivity index (χ1) is 25.8. The highest BCUT2D eigenvalue weighted by Crippen LogP contribution is 2.48. The summed E-state index contributed by atoms with van der Waals surface area (Å²) in [7, 11) is 0. The van der Waals surface area contributed by atoms with Gasteiger partial charge in [-0.05, 0) is 74.6 Å². The second-order valence-electron chi connectivity index (χ2n) is 13.2. The molecule has 1 aromatic heterocycles. The maximum atomic E-state index is 6.94. The zero-order chi connectivity index (χ0) is 34.4. The molecule has 0 aliphatic rings. The third-order valence-electron chi connectivity index (χ3n) is 10.2. The van der Waals surface area contributed by atoms with E-state index < -0.39 is 0 Å². The maximum absolute atomic E-state index is 6.94. The summed E-state index contributed by atoms with van der Waals surface area (Å²) in [5.74, 6) is 0.895. The van der Waals surface area contributed by atoms with E-state index in [1.807, 2.05) is 0 Å². The second kappa shape index (κ2) is 12.5. The highest BCUT2D eigenvalue weighted by atomic mass is 16.3. The van der Waals surface area contributed by atoms with Crippen molar-refractivity contribution in [2.75, 3.05) is 4.90 Å². The number of benzene rings is 9. The predicted molar refractivity (Wildman–Crippen MR) is 220 cm³/mol. The van der Waals surface area contributed by atoms with Crippen molar-refractivity contribution in [1.82, 2.24) is 0 Å². The van der Waals surface area contributed by atoms with Crippen LogP contribution in [0.2, 0.25) is 0 Å². The van der Waals surface area contributed by atoms with Crippen LogP contribution < -0.4 is 4.90 Å². The van der Waals surface area contributed by atoms with Crippen molar-refractivity contribution in [3.63, 3.8) is 0 Å². The zero-order valence-electron chi connectivity index (χ0n) is 28.4. The van der Waals surface area contributed by atoms with Crippen molar-refractivity contribution in [3.8, 4) is 33.6 Å². The van der Waals surface area contributed by atoms with Gasteiger partial charge in [0.2, 0.25) is 0 Å². The number of anilines is 3. The molecule has 1 heterocycles. The molecule has 0 fully saturated rings. The van der Waals surface area contributed by atoms with Crippen molar-refractivity contribution in [2.24, 2.45) is 0 Å². The molecular weight excluding hydrogens is 631 g/mol. The Hall–Kier alpha value is -6.90. The topological polar surface area (TPSA) is 16.4 Å². The van der Waals surface area contributed by atoms with Gasteiger partial charge in [0.1, 0.15) is 11.3 Å². The maximum Gasteiger partial charge on any atom is 0.143 e. The van der Waals surface area contributed by atoms with Crippen LogP contribution in [0, 0.1) is 0 Å². The fourth-order valence-corrected chi connectivity index (χ4v) is 7.93. The largest absolute Gasteiger partial charge is 0.455 e. The van der Waals surface area contributed by atoms with Crippen LogP contribution >= 0.6 is 0 Å². The Balaban J connectivity index is 1.23. The van der Waals surface area contributed by atoms with Gasteiger partial charge in [0.05, 0.1) is 5.69 Å². The molecule has 0 atom stereocenters. The van der Waals surface area contributed by atoms with E-state index >= 15 is 0 Å². The summed E-state index contributed by atoms with van der Waals surface area (Å²) < 4.78 is 6.94. The molecule has 2 nitrogen and oxygen atoms in total. The van der Waals surface area contributed by atoms with Crippen LogP contribution in [0.5, 0.6) is 0 Å². The Bertz CT molecular complexity index is 2840. The van der Waals surface area contributed by atoms with Crippen LogP contribution in [0.3, 0.4) is 0 Å². The normalized spacial score (nSPS) is 11.5. The Kier molecular flexibility index (Phi) is 7.18. The molecule has 0 unspecified atom stereocenters. The molecule has 0 saturated carbocycles. The molecule has 0 saturated heterocycles. The summed E-state index contributed by atoms with van der Waals surface area (Å²) in [6.45, 7) is 0. The molecule has 0 aliphatic carbocycles. The fourth-order valence-electron chi connectivity index (χ4n) is 7.93. The quantitative estimate of drug-likeness (QED) is 0.165. The number of hydrogen-bond acceptors (Lipinski definition) is 2. The smallest absolute Gasteiger partial charge is 0.143 e. The number of hydrogen-bond donors (Lipinski definition) is 0. The minimum atomic E-state index is 0.895. The summed E-state index contributed by atoms with van der Waals surface area (Å²) >= 11 is 0. The van der Waals surface area contributed by atoms with Gasteiger partial charge in [0.25, 0.3) is 0 Å². The third-order valence-corrected chi connectivity index (χ3v) is 10.2. The first-order valence-corrected chi connectivity index (χ1v) is 17.8. The fraction of sp³-hybridized carbons (Fsp3) is 0. The lowest BCUT2D eigenvalue weighted by Gasteiger charge is -2.27. The molecule has 244 valence electrons. The van der Waals surface area contributed by atoms with Crippen molar-refractivity contribution < 1.29 is 4.42 Å². The van der Waals surface area contributed by atoms with Crippen LogP contribution in [0.1, 0.15) is 0 Å². The van der Waals surface area contributed by atoms with Gasteiger partial charge in [-0.3, -0.25) is 0 Å². The zero-order valence-corrected chi connectivity index (χ0v) is 28.4. The second-order valence-corrected chi connectivity index (χ2v) is 13.2. The number of para-hydroxylation sites is 2. The monoisotopic (exact) mass is 663 g/mol. The Morgan fingerprint density at radius 1 is 0.346 bits per heavy atom. The highest BCUT2D eigenvalue weighted by molar-refractivity contribution is 6.29. The molecule has 0 bridgehead atoms. The molecule has 0 amide bonds. The van der Waals surface area contributed by atoms with E-state index in [4.69, 9.17) is 4.42 Å². The molecule has 10 aromatic rings. The average molecular weight is 664 g/mol. The Morgan fingerprint density at radius 2 is 0.885 bits per heavy atom. The van der Waals surface area contributed by atoms with E-state index in [0.717, 1.165) is 55.9 Å². The molecule has 0 aliphatic heterocycles. The van der Waals surface area contributed by atoms with Gasteiger partial charge >= 0.3 is 0 Å². The van der Waals surface area contributed by atoms with Crippen molar-refractivity contribution in [1.29, 1.82) is 0 Å². The highest BCUT2D eigenvalue weighted by Gasteiger charge is 2.23. The summed E-state index contributed by atoms with van der Waals surface area (Å²) in [6, 6.07) is 71.4. The van der Waals surface area contributed by atoms with Crippen LogP contribution in [0.4, 0.5) is 17.1 Å². The lowest BCUT2D eigenvalue weighted by molar-refractivity contribution is 0.636. The summed E-state index contributed by atoms with van der Waals surface area (Å²) in [4.78, 5) is 2.35. The molecule has 2 heteroatoms. The SMILES string of the molecule is c1ccc(-c2oc3c4ccccc4c4cc(-c5ccc(N(c6ccccc6)c6ccccc6)c6ccccc56)ccc4c3c2-c2ccccc2)cc1. The van der Waals surface area contributed by atoms with Crippen LogP contribution in [0.25, 0.3) is 76.9 Å². The lowest BCUT2D eigenvalue weighted by Crippen LogP contribution is -2.10. The number of fused-ring (bicyclic) bond motifs is 7. The van der Waals surface area contributed by atoms with E-state index in [9.17, 15) is 0 Å². The van der Waals surface area contributed by atoms with Crippen LogP contribution in [-0.2, 0) is 0 Å². The predicted octanol–water partition coefficient (Wildman–Crippen LogP) is 14.4. The molecule has 10 rings (SSSR count). The molecular formula is C50H33NO. The van der Waals surface area contributed by atoms with Gasteiger partial charge in [-0.25, -0.2) is 0 Å². The standard InChI is InChI=1S/C50H33NO/c1-5-17-34(18-6-1)47-48-43-30-29-36(33-45(43)41-26-14-16-28-44(41)50(48)52-49(47)35-19-7-2-8-20-35)39-31-32-46(42-27-15-13-25-40(39)42)51(37-21-9-3-10-22-37)38-23-11-4-12-24-38/h1-33H. The van der Waals surface area contributed by atoms with E-state index in [-0.39, 0.29) is 0 Å². The van der Waals surface area contributed by atoms with Crippen LogP contribution in [0.15, 0.2) is 205 Å². The van der Waals surface area contributed by atoms with Gasteiger partial charge in [-0.15, -0.1) is 0 Å². The van der Waals surface area contributed by atoms with E-state index in [0.29, 0.717) is 0 Å². The minimum absolute atomic E-state index is 0.895. The Morgan fingerprint density at radius 3 is 1.54 bits per heavy atom. The first-order valence-electron chi connectivity index (χ1n) is 17.8. The van der Waals surface area contributed by atoms with Gasteiger partial charge in [0, 0.05) is 38.7 Å². The molecule has 52 heavy (non-hydrogen) atoms. The van der Waals surface area contributed by atoms with Gasteiger partial charge in [0.15, 0.2) is 0 Å². The molecule has 0 spiro atoms. The third kappa shape index (κ3) is 4.88. The molecule has 0 radical (unpaired) electrons. The van der Waals surface area contributed by atoms with Crippen molar-refractivity contribution in [2.45, 2.75) is 0 Å². The van der Waals surface area contributed by atoms with Crippen molar-refractivity contribution in [3.05, 3.63) is 200 Å². The van der Waals surface area contributed by atoms with E-state index in [2.05, 4.69) is 205 Å². The van der Waals surface area contributed by atoms with Gasteiger partial charge < -0.3 is 9.32 Å². The van der Waals surface area contributed by atoms with Gasteiger partial charge in [-0.2, -0.15) is 0 Å². The molecule has 0 N–H and O–H groups in total. The summed E-state index contributed by atoms with van der Waals surface area (Å²) in [5.41, 5.74) is 10.0. The summed E-state index contributed by atoms with van der Waals surface area (Å²) in [6.07, 6.45) is 0. The number of rotatable bonds is 6. The minimum Gasteiger partial charge on any atom is -0.455 e. The Labute approximate surface area is 302 Å².